The first-order chi connectivity index (χ1) is 11.6. The zero-order chi connectivity index (χ0) is 17.4. The number of carboxylic acid groups (broad SMARTS) is 1. The number of carboxylic acids is 1. The van der Waals surface area contributed by atoms with Crippen LogP contribution < -0.4 is 0 Å². The van der Waals surface area contributed by atoms with Gasteiger partial charge in [0.1, 0.15) is 6.54 Å². The number of hydrogen-bond acceptors (Lipinski definition) is 2. The molecule has 1 amide bonds. The molecule has 2 aromatic carbocycles. The fourth-order valence-corrected chi connectivity index (χ4v) is 2.81. The number of hydrogen-bond donors (Lipinski definition) is 1. The van der Waals surface area contributed by atoms with Gasteiger partial charge in [0.2, 0.25) is 5.91 Å². The van der Waals surface area contributed by atoms with Gasteiger partial charge in [-0.05, 0) is 30.9 Å². The second kappa shape index (κ2) is 8.87. The Labute approximate surface area is 142 Å². The van der Waals surface area contributed by atoms with Gasteiger partial charge < -0.3 is 10.0 Å². The number of carbonyl (C=O) groups excluding carboxylic acids is 1. The Kier molecular flexibility index (Phi) is 6.55. The molecule has 0 saturated carbocycles. The molecule has 24 heavy (non-hydrogen) atoms. The third-order valence-electron chi connectivity index (χ3n) is 4.02. The normalized spacial score (nSPS) is 10.6. The van der Waals surface area contributed by atoms with Crippen molar-refractivity contribution >= 4 is 11.9 Å². The number of nitrogens with zero attached hydrogens (tertiary/aromatic N) is 1. The summed E-state index contributed by atoms with van der Waals surface area (Å²) in [4.78, 5) is 25.3. The second-order valence-electron chi connectivity index (χ2n) is 5.82. The lowest BCUT2D eigenvalue weighted by Gasteiger charge is -2.25. The van der Waals surface area contributed by atoms with Crippen LogP contribution in [0.25, 0.3) is 0 Å². The second-order valence-corrected chi connectivity index (χ2v) is 5.82. The van der Waals surface area contributed by atoms with Crippen molar-refractivity contribution in [3.8, 4) is 0 Å². The molecule has 0 radical (unpaired) electrons. The minimum absolute atomic E-state index is 0.104. The van der Waals surface area contributed by atoms with E-state index in [4.69, 9.17) is 5.11 Å². The molecule has 1 N–H and O–H groups in total. The van der Waals surface area contributed by atoms with Crippen LogP contribution >= 0.6 is 0 Å². The number of carbonyl (C=O) groups is 2. The van der Waals surface area contributed by atoms with Crippen molar-refractivity contribution in [2.24, 2.45) is 5.92 Å². The topological polar surface area (TPSA) is 57.6 Å². The van der Waals surface area contributed by atoms with Gasteiger partial charge in [0.15, 0.2) is 0 Å². The number of benzene rings is 2. The summed E-state index contributed by atoms with van der Waals surface area (Å²) in [7, 11) is 0. The first-order valence-corrected chi connectivity index (χ1v) is 8.18. The molecule has 0 bridgehead atoms. The molecule has 0 fully saturated rings. The summed E-state index contributed by atoms with van der Waals surface area (Å²) in [5.74, 6) is -1.36. The Morgan fingerprint density at radius 2 is 1.38 bits per heavy atom. The van der Waals surface area contributed by atoms with E-state index in [9.17, 15) is 9.59 Å². The van der Waals surface area contributed by atoms with Crippen LogP contribution in [0.5, 0.6) is 0 Å². The molecule has 0 spiro atoms. The molecule has 0 saturated heterocycles. The summed E-state index contributed by atoms with van der Waals surface area (Å²) in [6.45, 7) is 1.95. The Hall–Kier alpha value is -2.62. The van der Waals surface area contributed by atoms with E-state index in [2.05, 4.69) is 0 Å². The minimum Gasteiger partial charge on any atom is -0.480 e. The van der Waals surface area contributed by atoms with Gasteiger partial charge in [-0.2, -0.15) is 0 Å². The Morgan fingerprint density at radius 1 is 0.917 bits per heavy atom. The third-order valence-corrected chi connectivity index (χ3v) is 4.02. The molecular weight excluding hydrogens is 302 g/mol. The summed E-state index contributed by atoms with van der Waals surface area (Å²) in [5, 5.41) is 9.03. The maximum absolute atomic E-state index is 12.9. The van der Waals surface area contributed by atoms with E-state index in [1.165, 1.54) is 4.90 Å². The van der Waals surface area contributed by atoms with E-state index < -0.39 is 5.97 Å². The lowest BCUT2D eigenvalue weighted by molar-refractivity contribution is -0.146. The van der Waals surface area contributed by atoms with Gasteiger partial charge in [0.05, 0.1) is 0 Å². The van der Waals surface area contributed by atoms with Gasteiger partial charge in [-0.15, -0.1) is 0 Å². The number of amides is 1. The lowest BCUT2D eigenvalue weighted by atomic mass is 9.91. The number of likely N-dealkylation sites (N-methyl/N-ethyl adjacent to an activating group) is 1. The first kappa shape index (κ1) is 17.7. The van der Waals surface area contributed by atoms with Crippen molar-refractivity contribution < 1.29 is 14.7 Å². The van der Waals surface area contributed by atoms with Gasteiger partial charge in [-0.25, -0.2) is 0 Å². The van der Waals surface area contributed by atoms with Gasteiger partial charge >= 0.3 is 5.97 Å². The molecule has 0 aromatic heterocycles. The summed E-state index contributed by atoms with van der Waals surface area (Å²) in [6, 6.07) is 19.7. The highest BCUT2D eigenvalue weighted by atomic mass is 16.4. The van der Waals surface area contributed by atoms with Crippen molar-refractivity contribution in [1.82, 2.24) is 4.90 Å². The van der Waals surface area contributed by atoms with Crippen LogP contribution in [0.3, 0.4) is 0 Å². The van der Waals surface area contributed by atoms with Gasteiger partial charge in [-0.1, -0.05) is 60.7 Å². The third kappa shape index (κ3) is 5.23. The summed E-state index contributed by atoms with van der Waals surface area (Å²) in [6.07, 6.45) is 1.20. The van der Waals surface area contributed by atoms with E-state index >= 15 is 0 Å². The van der Waals surface area contributed by atoms with Gasteiger partial charge in [0, 0.05) is 12.5 Å². The van der Waals surface area contributed by atoms with Gasteiger partial charge in [0.25, 0.3) is 0 Å². The molecule has 2 rings (SSSR count). The molecule has 0 aliphatic rings. The van der Waals surface area contributed by atoms with E-state index in [1.54, 1.807) is 0 Å². The number of rotatable bonds is 8. The van der Waals surface area contributed by atoms with E-state index in [0.717, 1.165) is 11.1 Å². The van der Waals surface area contributed by atoms with Gasteiger partial charge in [-0.3, -0.25) is 9.59 Å². The highest BCUT2D eigenvalue weighted by molar-refractivity contribution is 5.83. The van der Waals surface area contributed by atoms with Crippen LogP contribution in [-0.2, 0) is 22.4 Å². The highest BCUT2D eigenvalue weighted by Gasteiger charge is 2.25. The Balaban J connectivity index is 2.20. The van der Waals surface area contributed by atoms with E-state index in [1.807, 2.05) is 67.6 Å². The van der Waals surface area contributed by atoms with Crippen molar-refractivity contribution in [3.63, 3.8) is 0 Å². The molecule has 0 atom stereocenters. The fraction of sp³-hybridized carbons (Fsp3) is 0.300. The molecule has 0 heterocycles. The Morgan fingerprint density at radius 3 is 1.75 bits per heavy atom. The maximum atomic E-state index is 12.9. The zero-order valence-electron chi connectivity index (χ0n) is 13.9. The average molecular weight is 325 g/mol. The van der Waals surface area contributed by atoms with E-state index in [0.29, 0.717) is 19.4 Å². The largest absolute Gasteiger partial charge is 0.480 e. The molecule has 0 aliphatic heterocycles. The molecule has 2 aromatic rings. The van der Waals surface area contributed by atoms with Crippen LogP contribution in [0.4, 0.5) is 0 Å². The SMILES string of the molecule is CCN(CC(=O)O)C(=O)C(Cc1ccccc1)Cc1ccccc1. The monoisotopic (exact) mass is 325 g/mol. The minimum atomic E-state index is -0.983. The van der Waals surface area contributed by atoms with Crippen LogP contribution in [0, 0.1) is 5.92 Å². The maximum Gasteiger partial charge on any atom is 0.323 e. The first-order valence-electron chi connectivity index (χ1n) is 8.18. The Bertz CT molecular complexity index is 614. The van der Waals surface area contributed by atoms with Crippen molar-refractivity contribution in [3.05, 3.63) is 71.8 Å². The standard InChI is InChI=1S/C20H23NO3/c1-2-21(15-19(22)23)20(24)18(13-16-9-5-3-6-10-16)14-17-11-7-4-8-12-17/h3-12,18H,2,13-15H2,1H3,(H,22,23). The van der Waals surface area contributed by atoms with Crippen molar-refractivity contribution in [1.29, 1.82) is 0 Å². The van der Waals surface area contributed by atoms with E-state index in [-0.39, 0.29) is 18.4 Å². The predicted molar refractivity (Wildman–Crippen MR) is 93.7 cm³/mol. The molecule has 0 aliphatic carbocycles. The number of aliphatic carboxylic acids is 1. The molecule has 126 valence electrons. The summed E-state index contributed by atoms with van der Waals surface area (Å²) >= 11 is 0. The molecular formula is C20H23NO3. The van der Waals surface area contributed by atoms with Crippen LogP contribution in [-0.4, -0.2) is 35.0 Å². The molecule has 4 nitrogen and oxygen atoms in total. The summed E-state index contributed by atoms with van der Waals surface area (Å²) < 4.78 is 0. The fourth-order valence-electron chi connectivity index (χ4n) is 2.81. The zero-order valence-corrected chi connectivity index (χ0v) is 13.9. The van der Waals surface area contributed by atoms with Crippen LogP contribution in [0.2, 0.25) is 0 Å². The van der Waals surface area contributed by atoms with Crippen LogP contribution in [0.1, 0.15) is 18.1 Å². The predicted octanol–water partition coefficient (Wildman–Crippen LogP) is 3.02. The van der Waals surface area contributed by atoms with Crippen LogP contribution in [0.15, 0.2) is 60.7 Å². The van der Waals surface area contributed by atoms with Crippen molar-refractivity contribution in [2.45, 2.75) is 19.8 Å². The van der Waals surface area contributed by atoms with Crippen molar-refractivity contribution in [2.75, 3.05) is 13.1 Å². The average Bonchev–Trinajstić information content (AvgIpc) is 2.60. The molecule has 0 unspecified atom stereocenters. The summed E-state index contributed by atoms with van der Waals surface area (Å²) in [5.41, 5.74) is 2.16. The quantitative estimate of drug-likeness (QED) is 0.811. The lowest BCUT2D eigenvalue weighted by Crippen LogP contribution is -2.40. The molecule has 4 heteroatoms. The highest BCUT2D eigenvalue weighted by Crippen LogP contribution is 2.17. The smallest absolute Gasteiger partial charge is 0.323 e.